The molecule has 1 aliphatic carbocycles. The Bertz CT molecular complexity index is 559. The lowest BCUT2D eigenvalue weighted by atomic mass is 9.83. The number of hydrogen-bond donors (Lipinski definition) is 0. The predicted octanol–water partition coefficient (Wildman–Crippen LogP) is 2.82. The van der Waals surface area contributed by atoms with Crippen molar-refractivity contribution in [1.82, 2.24) is 9.78 Å². The molecule has 2 aromatic rings. The summed E-state index contributed by atoms with van der Waals surface area (Å²) in [6.07, 6.45) is 7.92. The van der Waals surface area contributed by atoms with Gasteiger partial charge in [0, 0.05) is 18.7 Å². The second-order valence-corrected chi connectivity index (χ2v) is 4.90. The zero-order valence-corrected chi connectivity index (χ0v) is 10.2. The maximum Gasteiger partial charge on any atom is 0.153 e. The van der Waals surface area contributed by atoms with Crippen molar-refractivity contribution >= 4 is 6.29 Å². The van der Waals surface area contributed by atoms with Gasteiger partial charge in [-0.15, -0.1) is 0 Å². The SMILES string of the molecule is O=Cc1cnn(CC2CCCc3ccccc32)c1. The van der Waals surface area contributed by atoms with Gasteiger partial charge in [0.2, 0.25) is 0 Å². The number of benzene rings is 1. The van der Waals surface area contributed by atoms with Crippen LogP contribution in [0, 0.1) is 0 Å². The largest absolute Gasteiger partial charge is 0.298 e. The van der Waals surface area contributed by atoms with Crippen molar-refractivity contribution < 1.29 is 4.79 Å². The molecule has 3 heteroatoms. The highest BCUT2D eigenvalue weighted by Gasteiger charge is 2.20. The number of aryl methyl sites for hydroxylation is 1. The summed E-state index contributed by atoms with van der Waals surface area (Å²) in [6.45, 7) is 0.866. The van der Waals surface area contributed by atoms with E-state index in [4.69, 9.17) is 0 Å². The minimum absolute atomic E-state index is 0.523. The molecule has 1 aliphatic rings. The van der Waals surface area contributed by atoms with Gasteiger partial charge in [0.15, 0.2) is 6.29 Å². The van der Waals surface area contributed by atoms with E-state index in [1.807, 2.05) is 10.9 Å². The van der Waals surface area contributed by atoms with Crippen molar-refractivity contribution in [2.24, 2.45) is 0 Å². The summed E-state index contributed by atoms with van der Waals surface area (Å²) >= 11 is 0. The van der Waals surface area contributed by atoms with E-state index in [1.165, 1.54) is 30.4 Å². The van der Waals surface area contributed by atoms with Crippen LogP contribution in [0.25, 0.3) is 0 Å². The summed E-state index contributed by atoms with van der Waals surface area (Å²) in [7, 11) is 0. The molecule has 1 aromatic heterocycles. The van der Waals surface area contributed by atoms with Crippen LogP contribution >= 0.6 is 0 Å². The molecule has 3 nitrogen and oxygen atoms in total. The Morgan fingerprint density at radius 2 is 2.28 bits per heavy atom. The molecule has 1 aromatic carbocycles. The molecular formula is C15H16N2O. The molecule has 0 N–H and O–H groups in total. The minimum Gasteiger partial charge on any atom is -0.298 e. The molecule has 0 saturated heterocycles. The van der Waals surface area contributed by atoms with Crippen LogP contribution in [0.5, 0.6) is 0 Å². The third-order valence-electron chi connectivity index (χ3n) is 3.69. The molecule has 3 rings (SSSR count). The zero-order valence-electron chi connectivity index (χ0n) is 10.2. The molecule has 0 bridgehead atoms. The molecular weight excluding hydrogens is 224 g/mol. The van der Waals surface area contributed by atoms with Crippen molar-refractivity contribution in [2.75, 3.05) is 0 Å². The van der Waals surface area contributed by atoms with Crippen molar-refractivity contribution in [3.8, 4) is 0 Å². The Morgan fingerprint density at radius 1 is 1.39 bits per heavy atom. The van der Waals surface area contributed by atoms with Crippen molar-refractivity contribution in [3.63, 3.8) is 0 Å². The van der Waals surface area contributed by atoms with Gasteiger partial charge in [-0.25, -0.2) is 0 Å². The lowest BCUT2D eigenvalue weighted by Crippen LogP contribution is -2.15. The van der Waals surface area contributed by atoms with Gasteiger partial charge in [0.25, 0.3) is 0 Å². The average Bonchev–Trinajstić information content (AvgIpc) is 2.87. The summed E-state index contributed by atoms with van der Waals surface area (Å²) in [6, 6.07) is 8.67. The Hall–Kier alpha value is -1.90. The molecule has 0 saturated carbocycles. The maximum atomic E-state index is 10.7. The lowest BCUT2D eigenvalue weighted by Gasteiger charge is -2.25. The second kappa shape index (κ2) is 4.77. The van der Waals surface area contributed by atoms with Crippen LogP contribution in [0.1, 0.15) is 40.2 Å². The number of aldehydes is 1. The molecule has 0 radical (unpaired) electrons. The highest BCUT2D eigenvalue weighted by atomic mass is 16.1. The first kappa shape index (κ1) is 11.2. The van der Waals surface area contributed by atoms with E-state index in [9.17, 15) is 4.79 Å². The third kappa shape index (κ3) is 2.08. The maximum absolute atomic E-state index is 10.7. The predicted molar refractivity (Wildman–Crippen MR) is 69.7 cm³/mol. The molecule has 1 unspecified atom stereocenters. The Balaban J connectivity index is 1.83. The summed E-state index contributed by atoms with van der Waals surface area (Å²) in [5.41, 5.74) is 3.57. The normalized spacial score (nSPS) is 18.3. The van der Waals surface area contributed by atoms with E-state index >= 15 is 0 Å². The first-order valence-corrected chi connectivity index (χ1v) is 6.42. The first-order chi connectivity index (χ1) is 8.86. The van der Waals surface area contributed by atoms with E-state index < -0.39 is 0 Å². The number of fused-ring (bicyclic) bond motifs is 1. The summed E-state index contributed by atoms with van der Waals surface area (Å²) in [5.74, 6) is 0.523. The Kier molecular flexibility index (Phi) is 2.97. The van der Waals surface area contributed by atoms with E-state index in [1.54, 1.807) is 6.20 Å². The number of aromatic nitrogens is 2. The molecule has 1 heterocycles. The molecule has 0 fully saturated rings. The van der Waals surface area contributed by atoms with Crippen LogP contribution in [0.15, 0.2) is 36.7 Å². The van der Waals surface area contributed by atoms with Crippen LogP contribution in [-0.2, 0) is 13.0 Å². The molecule has 18 heavy (non-hydrogen) atoms. The van der Waals surface area contributed by atoms with Crippen molar-refractivity contribution in [3.05, 3.63) is 53.3 Å². The van der Waals surface area contributed by atoms with E-state index in [-0.39, 0.29) is 0 Å². The van der Waals surface area contributed by atoms with Gasteiger partial charge in [0.05, 0.1) is 11.8 Å². The number of carbonyl (C=O) groups excluding carboxylic acids is 1. The quantitative estimate of drug-likeness (QED) is 0.773. The highest BCUT2D eigenvalue weighted by Crippen LogP contribution is 2.32. The fourth-order valence-corrected chi connectivity index (χ4v) is 2.81. The topological polar surface area (TPSA) is 34.9 Å². The second-order valence-electron chi connectivity index (χ2n) is 4.90. The number of nitrogens with zero attached hydrogens (tertiary/aromatic N) is 2. The minimum atomic E-state index is 0.523. The van der Waals surface area contributed by atoms with E-state index in [0.29, 0.717) is 11.5 Å². The highest BCUT2D eigenvalue weighted by molar-refractivity contribution is 5.73. The van der Waals surface area contributed by atoms with Crippen LogP contribution in [-0.4, -0.2) is 16.1 Å². The first-order valence-electron chi connectivity index (χ1n) is 6.42. The Morgan fingerprint density at radius 3 is 3.11 bits per heavy atom. The number of hydrogen-bond acceptors (Lipinski definition) is 2. The van der Waals surface area contributed by atoms with Gasteiger partial charge >= 0.3 is 0 Å². The summed E-state index contributed by atoms with van der Waals surface area (Å²) < 4.78 is 1.89. The monoisotopic (exact) mass is 240 g/mol. The van der Waals surface area contributed by atoms with Gasteiger partial charge in [-0.1, -0.05) is 24.3 Å². The van der Waals surface area contributed by atoms with Gasteiger partial charge < -0.3 is 0 Å². The lowest BCUT2D eigenvalue weighted by molar-refractivity contribution is 0.112. The van der Waals surface area contributed by atoms with Gasteiger partial charge in [-0.2, -0.15) is 5.10 Å². The van der Waals surface area contributed by atoms with Crippen molar-refractivity contribution in [2.45, 2.75) is 31.7 Å². The molecule has 0 aliphatic heterocycles. The van der Waals surface area contributed by atoms with Crippen LogP contribution in [0.3, 0.4) is 0 Å². The standard InChI is InChI=1S/C15H16N2O/c18-11-12-8-16-17(9-12)10-14-6-3-5-13-4-1-2-7-15(13)14/h1-2,4,7-9,11,14H,3,5-6,10H2. The smallest absolute Gasteiger partial charge is 0.153 e. The number of rotatable bonds is 3. The van der Waals surface area contributed by atoms with Crippen LogP contribution < -0.4 is 0 Å². The van der Waals surface area contributed by atoms with E-state index in [2.05, 4.69) is 29.4 Å². The Labute approximate surface area is 106 Å². The fourth-order valence-electron chi connectivity index (χ4n) is 2.81. The van der Waals surface area contributed by atoms with Gasteiger partial charge in [-0.3, -0.25) is 9.48 Å². The number of carbonyl (C=O) groups is 1. The van der Waals surface area contributed by atoms with Gasteiger partial charge in [0.1, 0.15) is 0 Å². The van der Waals surface area contributed by atoms with Crippen molar-refractivity contribution in [1.29, 1.82) is 0 Å². The molecule has 1 atom stereocenters. The molecule has 0 amide bonds. The van der Waals surface area contributed by atoms with Gasteiger partial charge in [-0.05, 0) is 30.4 Å². The van der Waals surface area contributed by atoms with E-state index in [0.717, 1.165) is 12.8 Å². The summed E-state index contributed by atoms with van der Waals surface area (Å²) in [4.78, 5) is 10.7. The van der Waals surface area contributed by atoms with Crippen LogP contribution in [0.4, 0.5) is 0 Å². The third-order valence-corrected chi connectivity index (χ3v) is 3.69. The summed E-state index contributed by atoms with van der Waals surface area (Å²) in [5, 5.41) is 4.24. The fraction of sp³-hybridized carbons (Fsp3) is 0.333. The zero-order chi connectivity index (χ0) is 12.4. The molecule has 0 spiro atoms. The van der Waals surface area contributed by atoms with Crippen LogP contribution in [0.2, 0.25) is 0 Å². The average molecular weight is 240 g/mol. The molecule has 92 valence electrons.